The lowest BCUT2D eigenvalue weighted by molar-refractivity contribution is -0.124. The molecule has 1 atom stereocenters. The van der Waals surface area contributed by atoms with Crippen LogP contribution in [0, 0.1) is 6.92 Å². The van der Waals surface area contributed by atoms with E-state index in [1.165, 1.54) is 4.31 Å². The second-order valence-corrected chi connectivity index (χ2v) is 9.06. The largest absolute Gasteiger partial charge is 0.352 e. The third-order valence-electron chi connectivity index (χ3n) is 3.70. The van der Waals surface area contributed by atoms with Crippen LogP contribution >= 0.6 is 22.9 Å². The molecule has 1 aromatic rings. The molecule has 2 aliphatic rings. The van der Waals surface area contributed by atoms with E-state index in [-0.39, 0.29) is 20.6 Å². The van der Waals surface area contributed by atoms with Gasteiger partial charge in [0.1, 0.15) is 6.04 Å². The number of nitrogens with zero attached hydrogens (tertiary/aromatic N) is 2. The van der Waals surface area contributed by atoms with E-state index in [1.54, 1.807) is 6.92 Å². The molecule has 1 aliphatic heterocycles. The molecule has 21 heavy (non-hydrogen) atoms. The van der Waals surface area contributed by atoms with Crippen molar-refractivity contribution in [1.82, 2.24) is 14.6 Å². The summed E-state index contributed by atoms with van der Waals surface area (Å²) in [5.41, 5.74) is 0.387. The topological polar surface area (TPSA) is 79.4 Å². The first-order valence-electron chi connectivity index (χ1n) is 6.85. The maximum atomic E-state index is 12.7. The predicted octanol–water partition coefficient (Wildman–Crippen LogP) is 1.54. The Labute approximate surface area is 132 Å². The lowest BCUT2D eigenvalue weighted by Crippen LogP contribution is -2.46. The fraction of sp³-hybridized carbons (Fsp3) is 0.667. The van der Waals surface area contributed by atoms with Gasteiger partial charge in [0.2, 0.25) is 5.91 Å². The van der Waals surface area contributed by atoms with E-state index in [0.29, 0.717) is 25.1 Å². The Morgan fingerprint density at radius 1 is 1.43 bits per heavy atom. The number of nitrogens with one attached hydrogen (secondary N) is 1. The van der Waals surface area contributed by atoms with Crippen molar-refractivity contribution in [3.8, 4) is 0 Å². The van der Waals surface area contributed by atoms with Gasteiger partial charge < -0.3 is 5.32 Å². The third-order valence-corrected chi connectivity index (χ3v) is 7.46. The van der Waals surface area contributed by atoms with Crippen LogP contribution in [0.3, 0.4) is 0 Å². The highest BCUT2D eigenvalue weighted by Crippen LogP contribution is 2.33. The van der Waals surface area contributed by atoms with Crippen LogP contribution in [0.1, 0.15) is 31.4 Å². The van der Waals surface area contributed by atoms with Gasteiger partial charge in [0.15, 0.2) is 8.68 Å². The summed E-state index contributed by atoms with van der Waals surface area (Å²) in [5, 5.41) is 2.89. The maximum absolute atomic E-state index is 12.7. The molecular formula is C12H16ClN3O3S2. The monoisotopic (exact) mass is 349 g/mol. The van der Waals surface area contributed by atoms with E-state index in [4.69, 9.17) is 11.6 Å². The zero-order valence-electron chi connectivity index (χ0n) is 11.5. The van der Waals surface area contributed by atoms with Crippen LogP contribution in [0.15, 0.2) is 4.21 Å². The number of amides is 1. The summed E-state index contributed by atoms with van der Waals surface area (Å²) in [5.74, 6) is -0.188. The summed E-state index contributed by atoms with van der Waals surface area (Å²) >= 11 is 6.74. The summed E-state index contributed by atoms with van der Waals surface area (Å²) in [6, 6.07) is -0.391. The Balaban J connectivity index is 1.86. The van der Waals surface area contributed by atoms with Crippen molar-refractivity contribution >= 4 is 38.9 Å². The molecule has 2 fully saturated rings. The van der Waals surface area contributed by atoms with Crippen LogP contribution in [-0.4, -0.2) is 42.2 Å². The average Bonchev–Trinajstić information content (AvgIpc) is 2.95. The van der Waals surface area contributed by atoms with E-state index in [9.17, 15) is 13.2 Å². The van der Waals surface area contributed by atoms with Crippen molar-refractivity contribution in [3.63, 3.8) is 0 Å². The number of thiazole rings is 1. The molecule has 0 radical (unpaired) electrons. The molecule has 1 unspecified atom stereocenters. The molecule has 3 rings (SSSR count). The van der Waals surface area contributed by atoms with Gasteiger partial charge in [-0.15, -0.1) is 0 Å². The summed E-state index contributed by atoms with van der Waals surface area (Å²) in [7, 11) is -3.71. The predicted molar refractivity (Wildman–Crippen MR) is 79.9 cm³/mol. The highest BCUT2D eigenvalue weighted by molar-refractivity contribution is 7.91. The van der Waals surface area contributed by atoms with E-state index in [1.807, 2.05) is 0 Å². The van der Waals surface area contributed by atoms with Crippen molar-refractivity contribution in [2.45, 2.75) is 48.9 Å². The van der Waals surface area contributed by atoms with Crippen molar-refractivity contribution in [1.29, 1.82) is 0 Å². The molecule has 1 N–H and O–H groups in total. The highest BCUT2D eigenvalue weighted by atomic mass is 35.5. The van der Waals surface area contributed by atoms with Crippen molar-refractivity contribution < 1.29 is 13.2 Å². The number of sulfonamides is 1. The van der Waals surface area contributed by atoms with Gasteiger partial charge >= 0.3 is 0 Å². The minimum absolute atomic E-state index is 0.138. The summed E-state index contributed by atoms with van der Waals surface area (Å²) in [6.45, 7) is 1.98. The lowest BCUT2D eigenvalue weighted by Gasteiger charge is -2.22. The van der Waals surface area contributed by atoms with Crippen LogP contribution in [0.25, 0.3) is 0 Å². The molecule has 0 spiro atoms. The van der Waals surface area contributed by atoms with E-state index >= 15 is 0 Å². The van der Waals surface area contributed by atoms with E-state index < -0.39 is 16.1 Å². The molecule has 1 saturated carbocycles. The quantitative estimate of drug-likeness (QED) is 0.894. The standard InChI is InChI=1S/C12H16ClN3O3S2/c1-7-11(20-12(13)14-7)21(18,19)16-6-2-3-9(16)10(17)15-8-4-5-8/h8-9H,2-6H2,1H3,(H,15,17). The van der Waals surface area contributed by atoms with Gasteiger partial charge in [0.05, 0.1) is 5.69 Å². The highest BCUT2D eigenvalue weighted by Gasteiger charge is 2.42. The molecule has 9 heteroatoms. The Hall–Kier alpha value is -0.700. The Morgan fingerprint density at radius 2 is 2.14 bits per heavy atom. The van der Waals surface area contributed by atoms with Gasteiger partial charge in [-0.05, 0) is 32.6 Å². The van der Waals surface area contributed by atoms with Crippen molar-refractivity contribution in [2.24, 2.45) is 0 Å². The van der Waals surface area contributed by atoms with Gasteiger partial charge in [-0.1, -0.05) is 22.9 Å². The molecule has 1 aliphatic carbocycles. The fourth-order valence-corrected chi connectivity index (χ4v) is 6.02. The number of hydrogen-bond donors (Lipinski definition) is 1. The lowest BCUT2D eigenvalue weighted by atomic mass is 10.2. The minimum atomic E-state index is -3.71. The van der Waals surface area contributed by atoms with Crippen LogP contribution < -0.4 is 5.32 Å². The molecule has 1 amide bonds. The maximum Gasteiger partial charge on any atom is 0.255 e. The molecule has 1 saturated heterocycles. The number of rotatable bonds is 4. The first-order chi connectivity index (χ1) is 9.89. The zero-order valence-corrected chi connectivity index (χ0v) is 13.9. The van der Waals surface area contributed by atoms with Gasteiger partial charge in [0, 0.05) is 12.6 Å². The molecule has 2 heterocycles. The summed E-state index contributed by atoms with van der Waals surface area (Å²) in [6.07, 6.45) is 3.21. The van der Waals surface area contributed by atoms with Crippen LogP contribution in [0.2, 0.25) is 4.47 Å². The first-order valence-corrected chi connectivity index (χ1v) is 9.48. The van der Waals surface area contributed by atoms with Crippen molar-refractivity contribution in [2.75, 3.05) is 6.54 Å². The van der Waals surface area contributed by atoms with Gasteiger partial charge in [-0.25, -0.2) is 13.4 Å². The number of carbonyl (C=O) groups excluding carboxylic acids is 1. The molecule has 6 nitrogen and oxygen atoms in total. The molecule has 0 aromatic carbocycles. The van der Waals surface area contributed by atoms with E-state index in [0.717, 1.165) is 24.2 Å². The number of carbonyl (C=O) groups is 1. The average molecular weight is 350 g/mol. The summed E-state index contributed by atoms with van der Waals surface area (Å²) < 4.78 is 27.1. The third kappa shape index (κ3) is 2.94. The first kappa shape index (κ1) is 15.2. The Morgan fingerprint density at radius 3 is 2.71 bits per heavy atom. The van der Waals surface area contributed by atoms with Gasteiger partial charge in [0.25, 0.3) is 10.0 Å². The second-order valence-electron chi connectivity index (χ2n) is 5.40. The minimum Gasteiger partial charge on any atom is -0.352 e. The second kappa shape index (κ2) is 5.49. The summed E-state index contributed by atoms with van der Waals surface area (Å²) in [4.78, 5) is 16.2. The molecule has 116 valence electrons. The van der Waals surface area contributed by atoms with Crippen LogP contribution in [0.4, 0.5) is 0 Å². The normalized spacial score (nSPS) is 23.4. The number of halogens is 1. The molecule has 0 bridgehead atoms. The fourth-order valence-electron chi connectivity index (χ4n) is 2.51. The number of hydrogen-bond acceptors (Lipinski definition) is 5. The zero-order chi connectivity index (χ0) is 15.2. The number of aromatic nitrogens is 1. The van der Waals surface area contributed by atoms with Gasteiger partial charge in [-0.2, -0.15) is 4.31 Å². The van der Waals surface area contributed by atoms with Crippen LogP contribution in [-0.2, 0) is 14.8 Å². The Bertz CT molecular complexity index is 669. The van der Waals surface area contributed by atoms with E-state index in [2.05, 4.69) is 10.3 Å². The SMILES string of the molecule is Cc1nc(Cl)sc1S(=O)(=O)N1CCCC1C(=O)NC1CC1. The smallest absolute Gasteiger partial charge is 0.255 e. The van der Waals surface area contributed by atoms with Gasteiger partial charge in [-0.3, -0.25) is 4.79 Å². The molecule has 1 aromatic heterocycles. The Kier molecular flexibility index (Phi) is 3.98. The van der Waals surface area contributed by atoms with Crippen molar-refractivity contribution in [3.05, 3.63) is 10.2 Å². The number of aryl methyl sites for hydroxylation is 1. The molecular weight excluding hydrogens is 334 g/mol. The van der Waals surface area contributed by atoms with Crippen LogP contribution in [0.5, 0.6) is 0 Å².